The fourth-order valence-electron chi connectivity index (χ4n) is 4.90. The van der Waals surface area contributed by atoms with Crippen molar-refractivity contribution < 1.29 is 19.2 Å². The van der Waals surface area contributed by atoms with Crippen LogP contribution in [0, 0.1) is 0 Å². The first kappa shape index (κ1) is 20.4. The van der Waals surface area contributed by atoms with Crippen molar-refractivity contribution in [1.82, 2.24) is 15.1 Å². The zero-order chi connectivity index (χ0) is 22.5. The first-order valence-electron chi connectivity index (χ1n) is 10.8. The van der Waals surface area contributed by atoms with E-state index in [-0.39, 0.29) is 30.7 Å². The third kappa shape index (κ3) is 3.36. The number of rotatable bonds is 3. The smallest absolute Gasteiger partial charge is 0.255 e. The van der Waals surface area contributed by atoms with Gasteiger partial charge in [0.25, 0.3) is 11.8 Å². The summed E-state index contributed by atoms with van der Waals surface area (Å²) in [6.07, 6.45) is 1.19. The summed E-state index contributed by atoms with van der Waals surface area (Å²) in [5.41, 5.74) is 8.75. The quantitative estimate of drug-likeness (QED) is 0.707. The molecule has 2 atom stereocenters. The van der Waals surface area contributed by atoms with Crippen LogP contribution in [0.15, 0.2) is 48.5 Å². The summed E-state index contributed by atoms with van der Waals surface area (Å²) in [5.74, 6) is -1.14. The molecule has 2 saturated heterocycles. The van der Waals surface area contributed by atoms with Crippen LogP contribution in [0.1, 0.15) is 51.1 Å². The van der Waals surface area contributed by atoms with Gasteiger partial charge in [-0.1, -0.05) is 30.3 Å². The number of piperidine rings is 1. The van der Waals surface area contributed by atoms with Gasteiger partial charge in [0.2, 0.25) is 11.8 Å². The molecule has 0 aliphatic carbocycles. The van der Waals surface area contributed by atoms with E-state index >= 15 is 0 Å². The van der Waals surface area contributed by atoms with Crippen molar-refractivity contribution in [2.45, 2.75) is 37.4 Å². The Morgan fingerprint density at radius 2 is 1.88 bits per heavy atom. The van der Waals surface area contributed by atoms with Crippen LogP contribution >= 0.6 is 0 Å². The van der Waals surface area contributed by atoms with Crippen molar-refractivity contribution in [2.75, 3.05) is 13.1 Å². The van der Waals surface area contributed by atoms with Crippen LogP contribution in [0.2, 0.25) is 0 Å². The second-order valence-corrected chi connectivity index (χ2v) is 8.77. The lowest BCUT2D eigenvalue weighted by molar-refractivity contribution is -0.136. The van der Waals surface area contributed by atoms with Gasteiger partial charge in [-0.15, -0.1) is 0 Å². The van der Waals surface area contributed by atoms with E-state index in [1.54, 1.807) is 23.1 Å². The molecule has 3 aliphatic heterocycles. The molecule has 3 aliphatic rings. The number of nitrogens with zero attached hydrogens (tertiary/aromatic N) is 2. The van der Waals surface area contributed by atoms with Crippen molar-refractivity contribution in [1.29, 1.82) is 0 Å². The number of likely N-dealkylation sites (tertiary alicyclic amines) is 1. The molecule has 4 amide bonds. The molecular formula is C24H24N4O4. The van der Waals surface area contributed by atoms with Crippen LogP contribution < -0.4 is 11.1 Å². The number of nitrogens with one attached hydrogen (secondary N) is 1. The third-order valence-corrected chi connectivity index (χ3v) is 6.71. The van der Waals surface area contributed by atoms with Gasteiger partial charge in [-0.05, 0) is 42.2 Å². The average Bonchev–Trinajstić information content (AvgIpc) is 3.35. The summed E-state index contributed by atoms with van der Waals surface area (Å²) < 4.78 is 0. The number of fused-ring (bicyclic) bond motifs is 1. The van der Waals surface area contributed by atoms with E-state index in [1.165, 1.54) is 4.90 Å². The largest absolute Gasteiger partial charge is 0.336 e. The molecule has 2 unspecified atom stereocenters. The Labute approximate surface area is 185 Å². The Morgan fingerprint density at radius 3 is 2.62 bits per heavy atom. The molecule has 0 bridgehead atoms. The highest BCUT2D eigenvalue weighted by Gasteiger charge is 2.41. The highest BCUT2D eigenvalue weighted by molar-refractivity contribution is 6.06. The fourth-order valence-corrected chi connectivity index (χ4v) is 4.90. The molecule has 8 heteroatoms. The van der Waals surface area contributed by atoms with Crippen molar-refractivity contribution in [3.05, 3.63) is 70.8 Å². The van der Waals surface area contributed by atoms with Gasteiger partial charge in [-0.2, -0.15) is 0 Å². The van der Waals surface area contributed by atoms with E-state index in [2.05, 4.69) is 5.32 Å². The molecule has 32 heavy (non-hydrogen) atoms. The van der Waals surface area contributed by atoms with E-state index in [4.69, 9.17) is 5.73 Å². The maximum atomic E-state index is 13.2. The van der Waals surface area contributed by atoms with Gasteiger partial charge < -0.3 is 15.5 Å². The van der Waals surface area contributed by atoms with Crippen molar-refractivity contribution in [2.24, 2.45) is 5.73 Å². The highest BCUT2D eigenvalue weighted by atomic mass is 16.2. The van der Waals surface area contributed by atoms with Crippen molar-refractivity contribution in [3.8, 4) is 0 Å². The number of amides is 4. The molecular weight excluding hydrogens is 408 g/mol. The van der Waals surface area contributed by atoms with Crippen LogP contribution in [0.4, 0.5) is 0 Å². The Morgan fingerprint density at radius 1 is 1.09 bits per heavy atom. The van der Waals surface area contributed by atoms with Crippen LogP contribution in [0.25, 0.3) is 0 Å². The molecule has 0 radical (unpaired) electrons. The van der Waals surface area contributed by atoms with E-state index < -0.39 is 17.5 Å². The zero-order valence-electron chi connectivity index (χ0n) is 17.5. The maximum Gasteiger partial charge on any atom is 0.255 e. The minimum absolute atomic E-state index is 0.122. The molecule has 0 aromatic heterocycles. The minimum Gasteiger partial charge on any atom is -0.336 e. The third-order valence-electron chi connectivity index (χ3n) is 6.71. The number of imide groups is 1. The Balaban J connectivity index is 1.33. The lowest BCUT2D eigenvalue weighted by atomic mass is 9.90. The van der Waals surface area contributed by atoms with E-state index in [0.717, 1.165) is 5.56 Å². The monoisotopic (exact) mass is 432 g/mol. The topological polar surface area (TPSA) is 113 Å². The molecule has 2 aromatic rings. The van der Waals surface area contributed by atoms with Gasteiger partial charge in [0.05, 0.1) is 5.54 Å². The van der Waals surface area contributed by atoms with Gasteiger partial charge in [0.15, 0.2) is 0 Å². The minimum atomic E-state index is -0.672. The number of nitrogens with two attached hydrogens (primary N) is 1. The Hall–Kier alpha value is -3.52. The normalized spacial score (nSPS) is 25.2. The van der Waals surface area contributed by atoms with Gasteiger partial charge in [0.1, 0.15) is 6.04 Å². The van der Waals surface area contributed by atoms with Crippen molar-refractivity contribution in [3.63, 3.8) is 0 Å². The molecule has 8 nitrogen and oxygen atoms in total. The summed E-state index contributed by atoms with van der Waals surface area (Å²) in [4.78, 5) is 52.9. The zero-order valence-corrected chi connectivity index (χ0v) is 17.5. The lowest BCUT2D eigenvalue weighted by Gasteiger charge is -2.29. The summed E-state index contributed by atoms with van der Waals surface area (Å²) >= 11 is 0. The molecule has 3 N–H and O–H groups in total. The SMILES string of the molecule is NC1(c2ccccc2)CCN(C(=O)c2ccc3c(c2)CN(C2CCC(=O)NC2=O)C3=O)C1. The van der Waals surface area contributed by atoms with Crippen LogP contribution in [-0.2, 0) is 21.7 Å². The second-order valence-electron chi connectivity index (χ2n) is 8.77. The first-order valence-corrected chi connectivity index (χ1v) is 10.8. The Bertz CT molecular complexity index is 1130. The number of carbonyl (C=O) groups excluding carboxylic acids is 4. The molecule has 0 saturated carbocycles. The number of hydrogen-bond acceptors (Lipinski definition) is 5. The number of hydrogen-bond donors (Lipinski definition) is 2. The summed E-state index contributed by atoms with van der Waals surface area (Å²) in [7, 11) is 0. The standard InChI is InChI=1S/C24H24N4O4/c25-24(17-4-2-1-3-5-17)10-11-27(14-24)22(31)15-6-7-18-16(12-15)13-28(23(18)32)19-8-9-20(29)26-21(19)30/h1-7,12,19H,8-11,13-14,25H2,(H,26,29,30). The summed E-state index contributed by atoms with van der Waals surface area (Å²) in [6.45, 7) is 1.23. The van der Waals surface area contributed by atoms with Gasteiger partial charge in [0, 0.05) is 37.2 Å². The van der Waals surface area contributed by atoms with E-state index in [9.17, 15) is 19.2 Å². The molecule has 0 spiro atoms. The van der Waals surface area contributed by atoms with Crippen LogP contribution in [0.3, 0.4) is 0 Å². The van der Waals surface area contributed by atoms with Gasteiger partial charge in [-0.3, -0.25) is 24.5 Å². The molecule has 164 valence electrons. The average molecular weight is 432 g/mol. The van der Waals surface area contributed by atoms with Gasteiger partial charge >= 0.3 is 0 Å². The van der Waals surface area contributed by atoms with E-state index in [1.807, 2.05) is 30.3 Å². The first-order chi connectivity index (χ1) is 15.4. The summed E-state index contributed by atoms with van der Waals surface area (Å²) in [6, 6.07) is 14.2. The predicted molar refractivity (Wildman–Crippen MR) is 115 cm³/mol. The van der Waals surface area contributed by atoms with Crippen LogP contribution in [0.5, 0.6) is 0 Å². The summed E-state index contributed by atoms with van der Waals surface area (Å²) in [5, 5.41) is 2.30. The highest BCUT2D eigenvalue weighted by Crippen LogP contribution is 2.32. The lowest BCUT2D eigenvalue weighted by Crippen LogP contribution is -2.52. The molecule has 5 rings (SSSR count). The fraction of sp³-hybridized carbons (Fsp3) is 0.333. The van der Waals surface area contributed by atoms with E-state index in [0.29, 0.717) is 42.6 Å². The van der Waals surface area contributed by atoms with Crippen LogP contribution in [-0.4, -0.2) is 52.6 Å². The maximum absolute atomic E-state index is 13.2. The number of carbonyl (C=O) groups is 4. The number of benzene rings is 2. The molecule has 2 fully saturated rings. The Kier molecular flexibility index (Phi) is 4.82. The molecule has 3 heterocycles. The predicted octanol–water partition coefficient (Wildman–Crippen LogP) is 1.15. The second kappa shape index (κ2) is 7.56. The van der Waals surface area contributed by atoms with Crippen molar-refractivity contribution >= 4 is 23.6 Å². The molecule has 2 aromatic carbocycles. The van der Waals surface area contributed by atoms with Gasteiger partial charge in [-0.25, -0.2) is 0 Å².